The van der Waals surface area contributed by atoms with E-state index in [2.05, 4.69) is 22.2 Å². The molecule has 0 radical (unpaired) electrons. The number of anilines is 3. The highest BCUT2D eigenvalue weighted by Gasteiger charge is 2.09. The predicted molar refractivity (Wildman–Crippen MR) is 86.6 cm³/mol. The third-order valence-corrected chi connectivity index (χ3v) is 3.29. The van der Waals surface area contributed by atoms with Crippen LogP contribution >= 0.6 is 0 Å². The topological polar surface area (TPSA) is 50.3 Å². The summed E-state index contributed by atoms with van der Waals surface area (Å²) < 4.78 is 5.19. The summed E-state index contributed by atoms with van der Waals surface area (Å²) in [6.07, 6.45) is 1.90. The van der Waals surface area contributed by atoms with Crippen LogP contribution in [-0.2, 0) is 6.42 Å². The molecule has 0 amide bonds. The van der Waals surface area contributed by atoms with E-state index in [4.69, 9.17) is 4.74 Å². The van der Waals surface area contributed by atoms with Crippen molar-refractivity contribution in [2.45, 2.75) is 19.8 Å². The van der Waals surface area contributed by atoms with Crippen LogP contribution in [0.15, 0.2) is 30.3 Å². The molecule has 0 aliphatic rings. The van der Waals surface area contributed by atoms with Gasteiger partial charge in [-0.1, -0.05) is 6.92 Å². The lowest BCUT2D eigenvalue weighted by molar-refractivity contribution is 0.415. The van der Waals surface area contributed by atoms with Gasteiger partial charge in [0.15, 0.2) is 0 Å². The van der Waals surface area contributed by atoms with E-state index in [-0.39, 0.29) is 0 Å². The van der Waals surface area contributed by atoms with Crippen LogP contribution in [0.5, 0.6) is 5.75 Å². The second-order valence-electron chi connectivity index (χ2n) is 4.78. The molecule has 0 atom stereocenters. The summed E-state index contributed by atoms with van der Waals surface area (Å²) in [6, 6.07) is 9.86. The molecule has 1 aromatic heterocycles. The summed E-state index contributed by atoms with van der Waals surface area (Å²) in [6.45, 7) is 2.13. The molecule has 5 heteroatoms. The molecular weight excluding hydrogens is 264 g/mol. The van der Waals surface area contributed by atoms with Gasteiger partial charge in [0.05, 0.1) is 7.11 Å². The molecule has 0 aliphatic heterocycles. The number of ether oxygens (including phenoxy) is 1. The number of aryl methyl sites for hydroxylation is 1. The second kappa shape index (κ2) is 6.92. The molecule has 0 aliphatic carbocycles. The quantitative estimate of drug-likeness (QED) is 0.883. The third kappa shape index (κ3) is 3.62. The SMILES string of the molecule is CCCc1nc(NC)cc(N(C)c2ccc(OC)cc2)n1. The molecule has 2 rings (SSSR count). The monoisotopic (exact) mass is 286 g/mol. The molecule has 1 aromatic carbocycles. The first-order valence-electron chi connectivity index (χ1n) is 7.11. The van der Waals surface area contributed by atoms with Gasteiger partial charge in [-0.2, -0.15) is 0 Å². The van der Waals surface area contributed by atoms with Gasteiger partial charge in [-0.25, -0.2) is 9.97 Å². The van der Waals surface area contributed by atoms with Gasteiger partial charge in [-0.05, 0) is 30.7 Å². The molecule has 0 saturated heterocycles. The maximum Gasteiger partial charge on any atom is 0.138 e. The fourth-order valence-corrected chi connectivity index (χ4v) is 2.06. The van der Waals surface area contributed by atoms with Crippen LogP contribution in [0.25, 0.3) is 0 Å². The summed E-state index contributed by atoms with van der Waals surface area (Å²) in [5.74, 6) is 3.42. The molecule has 2 aromatic rings. The fourth-order valence-electron chi connectivity index (χ4n) is 2.06. The van der Waals surface area contributed by atoms with Crippen LogP contribution in [0, 0.1) is 0 Å². The minimum absolute atomic E-state index is 0.837. The summed E-state index contributed by atoms with van der Waals surface area (Å²) in [5, 5.41) is 3.09. The molecule has 0 unspecified atom stereocenters. The van der Waals surface area contributed by atoms with Crippen LogP contribution in [0.2, 0.25) is 0 Å². The van der Waals surface area contributed by atoms with Crippen molar-refractivity contribution in [3.8, 4) is 5.75 Å². The van der Waals surface area contributed by atoms with Crippen molar-refractivity contribution < 1.29 is 4.74 Å². The predicted octanol–water partition coefficient (Wildman–Crippen LogP) is 3.25. The van der Waals surface area contributed by atoms with Crippen molar-refractivity contribution in [1.29, 1.82) is 0 Å². The number of hydrogen-bond donors (Lipinski definition) is 1. The average Bonchev–Trinajstić information content (AvgIpc) is 2.54. The number of methoxy groups -OCH3 is 1. The number of rotatable bonds is 6. The first kappa shape index (κ1) is 15.1. The minimum Gasteiger partial charge on any atom is -0.497 e. The second-order valence-corrected chi connectivity index (χ2v) is 4.78. The molecule has 21 heavy (non-hydrogen) atoms. The largest absolute Gasteiger partial charge is 0.497 e. The Kier molecular flexibility index (Phi) is 4.98. The summed E-state index contributed by atoms with van der Waals surface area (Å²) in [4.78, 5) is 11.2. The molecule has 5 nitrogen and oxygen atoms in total. The Morgan fingerprint density at radius 3 is 2.48 bits per heavy atom. The van der Waals surface area contributed by atoms with Crippen molar-refractivity contribution >= 4 is 17.3 Å². The van der Waals surface area contributed by atoms with E-state index in [1.807, 2.05) is 49.3 Å². The maximum atomic E-state index is 5.19. The Bertz CT molecular complexity index is 583. The lowest BCUT2D eigenvalue weighted by atomic mass is 10.2. The first-order valence-corrected chi connectivity index (χ1v) is 7.11. The van der Waals surface area contributed by atoms with Crippen molar-refractivity contribution in [3.05, 3.63) is 36.2 Å². The third-order valence-electron chi connectivity index (χ3n) is 3.29. The van der Waals surface area contributed by atoms with Gasteiger partial charge < -0.3 is 15.0 Å². The standard InChI is InChI=1S/C16H22N4O/c1-5-6-14-18-15(17-2)11-16(19-14)20(3)12-7-9-13(21-4)10-8-12/h7-11H,5-6H2,1-4H3,(H,17,18,19). The zero-order chi connectivity index (χ0) is 15.2. The highest BCUT2D eigenvalue weighted by Crippen LogP contribution is 2.25. The van der Waals surface area contributed by atoms with Crippen molar-refractivity contribution in [1.82, 2.24) is 9.97 Å². The summed E-state index contributed by atoms with van der Waals surface area (Å²) >= 11 is 0. The lowest BCUT2D eigenvalue weighted by Crippen LogP contribution is -2.13. The smallest absolute Gasteiger partial charge is 0.138 e. The summed E-state index contributed by atoms with van der Waals surface area (Å²) in [5.41, 5.74) is 1.05. The van der Waals surface area contributed by atoms with E-state index >= 15 is 0 Å². The zero-order valence-electron chi connectivity index (χ0n) is 13.1. The summed E-state index contributed by atoms with van der Waals surface area (Å²) in [7, 11) is 5.54. The fraction of sp³-hybridized carbons (Fsp3) is 0.375. The normalized spacial score (nSPS) is 10.3. The minimum atomic E-state index is 0.837. The van der Waals surface area contributed by atoms with E-state index in [0.29, 0.717) is 0 Å². The number of benzene rings is 1. The van der Waals surface area contributed by atoms with Crippen LogP contribution in [-0.4, -0.2) is 31.2 Å². The lowest BCUT2D eigenvalue weighted by Gasteiger charge is -2.20. The van der Waals surface area contributed by atoms with Crippen molar-refractivity contribution in [2.24, 2.45) is 0 Å². The number of nitrogens with zero attached hydrogens (tertiary/aromatic N) is 3. The molecule has 0 bridgehead atoms. The first-order chi connectivity index (χ1) is 10.2. The number of nitrogens with one attached hydrogen (secondary N) is 1. The van der Waals surface area contributed by atoms with Gasteiger partial charge in [-0.15, -0.1) is 0 Å². The Morgan fingerprint density at radius 1 is 1.19 bits per heavy atom. The molecule has 0 saturated carbocycles. The van der Waals surface area contributed by atoms with E-state index in [1.54, 1.807) is 7.11 Å². The zero-order valence-corrected chi connectivity index (χ0v) is 13.1. The van der Waals surface area contributed by atoms with Gasteiger partial charge in [-0.3, -0.25) is 0 Å². The van der Waals surface area contributed by atoms with Gasteiger partial charge in [0.1, 0.15) is 23.2 Å². The Balaban J connectivity index is 2.31. The van der Waals surface area contributed by atoms with E-state index in [0.717, 1.165) is 41.7 Å². The van der Waals surface area contributed by atoms with Crippen LogP contribution in [0.1, 0.15) is 19.2 Å². The Labute approximate surface area is 126 Å². The van der Waals surface area contributed by atoms with Crippen LogP contribution < -0.4 is 15.0 Å². The van der Waals surface area contributed by atoms with Crippen molar-refractivity contribution in [2.75, 3.05) is 31.4 Å². The molecule has 1 heterocycles. The number of hydrogen-bond acceptors (Lipinski definition) is 5. The van der Waals surface area contributed by atoms with E-state index in [1.165, 1.54) is 0 Å². The van der Waals surface area contributed by atoms with E-state index in [9.17, 15) is 0 Å². The van der Waals surface area contributed by atoms with Gasteiger partial charge in [0, 0.05) is 32.3 Å². The highest BCUT2D eigenvalue weighted by molar-refractivity contribution is 5.62. The van der Waals surface area contributed by atoms with Gasteiger partial charge >= 0.3 is 0 Å². The molecule has 0 spiro atoms. The van der Waals surface area contributed by atoms with Crippen molar-refractivity contribution in [3.63, 3.8) is 0 Å². The maximum absolute atomic E-state index is 5.19. The van der Waals surface area contributed by atoms with Crippen LogP contribution in [0.4, 0.5) is 17.3 Å². The van der Waals surface area contributed by atoms with E-state index < -0.39 is 0 Å². The van der Waals surface area contributed by atoms with Gasteiger partial charge in [0.25, 0.3) is 0 Å². The molecule has 112 valence electrons. The molecule has 1 N–H and O–H groups in total. The molecular formula is C16H22N4O. The molecule has 0 fully saturated rings. The van der Waals surface area contributed by atoms with Gasteiger partial charge in [0.2, 0.25) is 0 Å². The Hall–Kier alpha value is -2.30. The van der Waals surface area contributed by atoms with Crippen LogP contribution in [0.3, 0.4) is 0 Å². The average molecular weight is 286 g/mol. The highest BCUT2D eigenvalue weighted by atomic mass is 16.5. The Morgan fingerprint density at radius 2 is 1.90 bits per heavy atom. The number of aromatic nitrogens is 2.